The predicted molar refractivity (Wildman–Crippen MR) is 74.9 cm³/mol. The molecule has 0 aliphatic carbocycles. The van der Waals surface area contributed by atoms with E-state index < -0.39 is 0 Å². The molecular formula is C14H29NO4. The second-order valence-electron chi connectivity index (χ2n) is 4.95. The van der Waals surface area contributed by atoms with Gasteiger partial charge in [-0.05, 0) is 31.2 Å². The summed E-state index contributed by atoms with van der Waals surface area (Å²) < 4.78 is 15.1. The maximum atomic E-state index is 11.5. The minimum absolute atomic E-state index is 0.155. The van der Waals surface area contributed by atoms with Crippen molar-refractivity contribution in [1.82, 2.24) is 0 Å². The Hall–Kier alpha value is -0.650. The van der Waals surface area contributed by atoms with E-state index in [-0.39, 0.29) is 5.97 Å². The second-order valence-corrected chi connectivity index (χ2v) is 4.95. The third kappa shape index (κ3) is 10.9. The molecule has 0 fully saturated rings. The maximum Gasteiger partial charge on any atom is 0.305 e. The van der Waals surface area contributed by atoms with Gasteiger partial charge in [0.15, 0.2) is 0 Å². The number of nitrogens with two attached hydrogens (primary N) is 1. The van der Waals surface area contributed by atoms with E-state index in [2.05, 4.69) is 13.8 Å². The molecule has 5 heteroatoms. The summed E-state index contributed by atoms with van der Waals surface area (Å²) in [5.41, 5.74) is 5.57. The maximum absolute atomic E-state index is 11.5. The van der Waals surface area contributed by atoms with Gasteiger partial charge in [-0.1, -0.05) is 13.8 Å². The first kappa shape index (κ1) is 18.4. The Morgan fingerprint density at radius 2 is 1.79 bits per heavy atom. The fraction of sp³-hybridized carbons (Fsp3) is 0.929. The molecule has 0 amide bonds. The highest BCUT2D eigenvalue weighted by molar-refractivity contribution is 5.69. The van der Waals surface area contributed by atoms with Crippen LogP contribution in [-0.4, -0.2) is 46.1 Å². The number of hydrogen-bond acceptors (Lipinski definition) is 5. The smallest absolute Gasteiger partial charge is 0.305 e. The van der Waals surface area contributed by atoms with Crippen LogP contribution < -0.4 is 5.73 Å². The Labute approximate surface area is 116 Å². The highest BCUT2D eigenvalue weighted by Crippen LogP contribution is 2.20. The van der Waals surface area contributed by atoms with Crippen LogP contribution in [0.2, 0.25) is 0 Å². The third-order valence-electron chi connectivity index (χ3n) is 3.12. The number of rotatable bonds is 12. The Morgan fingerprint density at radius 1 is 1.11 bits per heavy atom. The standard InChI is InChI=1S/C14H29NO4/c1-12(2)13(6-7-15)4-5-14(16)19-11-10-18-9-8-17-3/h12-13H,4-11,15H2,1-3H3. The van der Waals surface area contributed by atoms with Crippen LogP contribution >= 0.6 is 0 Å². The van der Waals surface area contributed by atoms with Crippen molar-refractivity contribution in [1.29, 1.82) is 0 Å². The van der Waals surface area contributed by atoms with Crippen LogP contribution in [0.4, 0.5) is 0 Å². The molecule has 114 valence electrons. The third-order valence-corrected chi connectivity index (χ3v) is 3.12. The van der Waals surface area contributed by atoms with Crippen molar-refractivity contribution >= 4 is 5.97 Å². The lowest BCUT2D eigenvalue weighted by atomic mass is 9.88. The van der Waals surface area contributed by atoms with Gasteiger partial charge in [0.2, 0.25) is 0 Å². The minimum atomic E-state index is -0.155. The lowest BCUT2D eigenvalue weighted by Crippen LogP contribution is -2.17. The molecule has 0 saturated heterocycles. The van der Waals surface area contributed by atoms with Crippen molar-refractivity contribution in [2.24, 2.45) is 17.6 Å². The molecular weight excluding hydrogens is 246 g/mol. The summed E-state index contributed by atoms with van der Waals surface area (Å²) in [5, 5.41) is 0. The average Bonchev–Trinajstić information content (AvgIpc) is 2.38. The van der Waals surface area contributed by atoms with Gasteiger partial charge in [-0.25, -0.2) is 0 Å². The molecule has 2 N–H and O–H groups in total. The Bertz CT molecular complexity index is 221. The Morgan fingerprint density at radius 3 is 2.37 bits per heavy atom. The van der Waals surface area contributed by atoms with Crippen LogP contribution in [0.5, 0.6) is 0 Å². The van der Waals surface area contributed by atoms with E-state index in [9.17, 15) is 4.79 Å². The number of methoxy groups -OCH3 is 1. The van der Waals surface area contributed by atoms with Crippen LogP contribution in [0.25, 0.3) is 0 Å². The lowest BCUT2D eigenvalue weighted by Gasteiger charge is -2.19. The summed E-state index contributed by atoms with van der Waals surface area (Å²) in [7, 11) is 1.62. The molecule has 1 atom stereocenters. The van der Waals surface area contributed by atoms with Gasteiger partial charge in [-0.15, -0.1) is 0 Å². The quantitative estimate of drug-likeness (QED) is 0.432. The van der Waals surface area contributed by atoms with Crippen molar-refractivity contribution < 1.29 is 19.0 Å². The second kappa shape index (κ2) is 12.4. The Kier molecular flexibility index (Phi) is 12.0. The molecule has 0 spiro atoms. The number of hydrogen-bond donors (Lipinski definition) is 1. The van der Waals surface area contributed by atoms with Crippen molar-refractivity contribution in [2.75, 3.05) is 40.1 Å². The van der Waals surface area contributed by atoms with Crippen molar-refractivity contribution in [3.8, 4) is 0 Å². The molecule has 0 aromatic carbocycles. The van der Waals surface area contributed by atoms with Gasteiger partial charge in [0.1, 0.15) is 6.61 Å². The number of esters is 1. The molecule has 0 aliphatic rings. The van der Waals surface area contributed by atoms with Gasteiger partial charge >= 0.3 is 5.97 Å². The average molecular weight is 275 g/mol. The predicted octanol–water partition coefficient (Wildman–Crippen LogP) is 1.59. The summed E-state index contributed by atoms with van der Waals surface area (Å²) in [6.45, 7) is 6.82. The first-order valence-electron chi connectivity index (χ1n) is 7.04. The topological polar surface area (TPSA) is 70.8 Å². The van der Waals surface area contributed by atoms with E-state index in [1.54, 1.807) is 7.11 Å². The molecule has 0 aromatic rings. The molecule has 0 aliphatic heterocycles. The van der Waals surface area contributed by atoms with Gasteiger partial charge in [-0.3, -0.25) is 4.79 Å². The van der Waals surface area contributed by atoms with E-state index in [4.69, 9.17) is 19.9 Å². The van der Waals surface area contributed by atoms with Crippen LogP contribution in [0.15, 0.2) is 0 Å². The van der Waals surface area contributed by atoms with Gasteiger partial charge in [0.05, 0.1) is 19.8 Å². The van der Waals surface area contributed by atoms with Crippen LogP contribution in [0.1, 0.15) is 33.1 Å². The molecule has 0 heterocycles. The van der Waals surface area contributed by atoms with Gasteiger partial charge in [0.25, 0.3) is 0 Å². The van der Waals surface area contributed by atoms with Crippen molar-refractivity contribution in [2.45, 2.75) is 33.1 Å². The van der Waals surface area contributed by atoms with E-state index in [0.29, 0.717) is 51.2 Å². The number of ether oxygens (including phenoxy) is 3. The Balaban J connectivity index is 3.57. The zero-order valence-electron chi connectivity index (χ0n) is 12.5. The van der Waals surface area contributed by atoms with E-state index >= 15 is 0 Å². The summed E-state index contributed by atoms with van der Waals surface area (Å²) >= 11 is 0. The first-order valence-corrected chi connectivity index (χ1v) is 7.04. The zero-order valence-corrected chi connectivity index (χ0v) is 12.5. The molecule has 0 radical (unpaired) electrons. The van der Waals surface area contributed by atoms with E-state index in [1.807, 2.05) is 0 Å². The van der Waals surface area contributed by atoms with Gasteiger partial charge < -0.3 is 19.9 Å². The molecule has 0 bridgehead atoms. The monoisotopic (exact) mass is 275 g/mol. The molecule has 1 unspecified atom stereocenters. The number of carbonyl (C=O) groups excluding carboxylic acids is 1. The van der Waals surface area contributed by atoms with Crippen LogP contribution in [0, 0.1) is 11.8 Å². The van der Waals surface area contributed by atoms with Crippen LogP contribution in [0.3, 0.4) is 0 Å². The summed E-state index contributed by atoms with van der Waals surface area (Å²) in [6.07, 6.45) is 2.27. The van der Waals surface area contributed by atoms with Gasteiger partial charge in [-0.2, -0.15) is 0 Å². The van der Waals surface area contributed by atoms with Crippen LogP contribution in [-0.2, 0) is 19.0 Å². The summed E-state index contributed by atoms with van der Waals surface area (Å²) in [5.74, 6) is 0.891. The summed E-state index contributed by atoms with van der Waals surface area (Å²) in [6, 6.07) is 0. The highest BCUT2D eigenvalue weighted by Gasteiger charge is 2.14. The van der Waals surface area contributed by atoms with E-state index in [1.165, 1.54) is 0 Å². The molecule has 19 heavy (non-hydrogen) atoms. The fourth-order valence-electron chi connectivity index (χ4n) is 1.86. The minimum Gasteiger partial charge on any atom is -0.463 e. The lowest BCUT2D eigenvalue weighted by molar-refractivity contribution is -0.145. The SMILES string of the molecule is COCCOCCOC(=O)CCC(CCN)C(C)C. The highest BCUT2D eigenvalue weighted by atomic mass is 16.6. The number of carbonyl (C=O) groups is 1. The first-order chi connectivity index (χ1) is 9.11. The fourth-order valence-corrected chi connectivity index (χ4v) is 1.86. The van der Waals surface area contributed by atoms with Crippen molar-refractivity contribution in [3.05, 3.63) is 0 Å². The summed E-state index contributed by atoms with van der Waals surface area (Å²) in [4.78, 5) is 11.5. The molecule has 0 aromatic heterocycles. The van der Waals surface area contributed by atoms with Crippen molar-refractivity contribution in [3.63, 3.8) is 0 Å². The van der Waals surface area contributed by atoms with E-state index in [0.717, 1.165) is 12.8 Å². The zero-order chi connectivity index (χ0) is 14.5. The van der Waals surface area contributed by atoms with Gasteiger partial charge in [0, 0.05) is 13.5 Å². The normalized spacial score (nSPS) is 12.7. The molecule has 0 rings (SSSR count). The molecule has 5 nitrogen and oxygen atoms in total. The largest absolute Gasteiger partial charge is 0.463 e. The molecule has 0 saturated carbocycles.